The lowest BCUT2D eigenvalue weighted by Gasteiger charge is -2.14. The fourth-order valence-corrected chi connectivity index (χ4v) is 2.02. The maximum absolute atomic E-state index is 12.3. The highest BCUT2D eigenvalue weighted by Gasteiger charge is 2.21. The third-order valence-corrected chi connectivity index (χ3v) is 3.27. The number of carbonyl (C=O) groups excluding carboxylic acids is 3. The number of urea groups is 1. The number of rotatable bonds is 6. The van der Waals surface area contributed by atoms with Gasteiger partial charge in [0.05, 0.1) is 5.56 Å². The quantitative estimate of drug-likeness (QED) is 0.781. The van der Waals surface area contributed by atoms with E-state index < -0.39 is 24.0 Å². The highest BCUT2D eigenvalue weighted by molar-refractivity contribution is 5.98. The molecule has 2 aromatic rings. The fraction of sp³-hybridized carbons (Fsp3) is 0.167. The van der Waals surface area contributed by atoms with Crippen molar-refractivity contribution in [3.8, 4) is 5.75 Å². The van der Waals surface area contributed by atoms with Crippen LogP contribution in [0.15, 0.2) is 54.6 Å². The first-order valence-corrected chi connectivity index (χ1v) is 7.54. The summed E-state index contributed by atoms with van der Waals surface area (Å²) in [5.74, 6) is -0.821. The molecule has 1 atom stereocenters. The summed E-state index contributed by atoms with van der Waals surface area (Å²) < 4.78 is 10.7. The van der Waals surface area contributed by atoms with Crippen molar-refractivity contribution in [3.63, 3.8) is 0 Å². The van der Waals surface area contributed by atoms with Crippen LogP contribution in [0.4, 0.5) is 4.79 Å². The minimum absolute atomic E-state index is 0.164. The van der Waals surface area contributed by atoms with Gasteiger partial charge in [0.1, 0.15) is 12.4 Å². The zero-order valence-electron chi connectivity index (χ0n) is 13.6. The average molecular weight is 342 g/mol. The molecule has 0 fully saturated rings. The van der Waals surface area contributed by atoms with Crippen molar-refractivity contribution in [2.45, 2.75) is 19.6 Å². The van der Waals surface area contributed by atoms with Crippen LogP contribution in [0.25, 0.3) is 0 Å². The Labute approximate surface area is 144 Å². The van der Waals surface area contributed by atoms with Crippen LogP contribution in [0.3, 0.4) is 0 Å². The number of nitrogens with one attached hydrogen (secondary N) is 1. The molecule has 0 heterocycles. The highest BCUT2D eigenvalue weighted by atomic mass is 16.5. The van der Waals surface area contributed by atoms with Gasteiger partial charge in [0.15, 0.2) is 6.10 Å². The zero-order valence-corrected chi connectivity index (χ0v) is 13.6. The summed E-state index contributed by atoms with van der Waals surface area (Å²) in [6.07, 6.45) is -1.16. The molecule has 0 aliphatic heterocycles. The molecule has 3 amide bonds. The molecule has 0 aromatic heterocycles. The topological polar surface area (TPSA) is 108 Å². The standard InChI is InChI=1S/C18H18N2O5/c1-12(16(21)20-18(19)23)25-17(22)15-10-6-5-7-13(15)11-24-14-8-3-2-4-9-14/h2-10,12H,11H2,1H3,(H3,19,20,21,23)/t12-/m0/s1. The third kappa shape index (κ3) is 5.35. The van der Waals surface area contributed by atoms with Crippen LogP contribution >= 0.6 is 0 Å². The summed E-state index contributed by atoms with van der Waals surface area (Å²) in [6.45, 7) is 1.51. The van der Waals surface area contributed by atoms with Gasteiger partial charge in [-0.3, -0.25) is 10.1 Å². The molecule has 0 spiro atoms. The Morgan fingerprint density at radius 2 is 1.68 bits per heavy atom. The Morgan fingerprint density at radius 3 is 2.36 bits per heavy atom. The van der Waals surface area contributed by atoms with E-state index in [0.29, 0.717) is 11.3 Å². The van der Waals surface area contributed by atoms with Gasteiger partial charge < -0.3 is 15.2 Å². The number of primary amides is 1. The third-order valence-electron chi connectivity index (χ3n) is 3.27. The molecule has 130 valence electrons. The van der Waals surface area contributed by atoms with Crippen molar-refractivity contribution < 1.29 is 23.9 Å². The van der Waals surface area contributed by atoms with E-state index in [4.69, 9.17) is 15.2 Å². The van der Waals surface area contributed by atoms with Crippen molar-refractivity contribution in [3.05, 3.63) is 65.7 Å². The Hall–Kier alpha value is -3.35. The van der Waals surface area contributed by atoms with Crippen LogP contribution in [0.5, 0.6) is 5.75 Å². The van der Waals surface area contributed by atoms with Crippen LogP contribution in [-0.2, 0) is 16.1 Å². The lowest BCUT2D eigenvalue weighted by atomic mass is 10.1. The maximum atomic E-state index is 12.3. The SMILES string of the molecule is C[C@H](OC(=O)c1ccccc1COc1ccccc1)C(=O)NC(N)=O. The van der Waals surface area contributed by atoms with Gasteiger partial charge in [0.25, 0.3) is 5.91 Å². The smallest absolute Gasteiger partial charge is 0.339 e. The van der Waals surface area contributed by atoms with E-state index in [-0.39, 0.29) is 12.2 Å². The van der Waals surface area contributed by atoms with Crippen molar-refractivity contribution in [2.75, 3.05) is 0 Å². The average Bonchev–Trinajstić information content (AvgIpc) is 2.60. The number of carbonyl (C=O) groups is 3. The van der Waals surface area contributed by atoms with Crippen LogP contribution in [-0.4, -0.2) is 24.0 Å². The van der Waals surface area contributed by atoms with Crippen molar-refractivity contribution in [1.82, 2.24) is 5.32 Å². The lowest BCUT2D eigenvalue weighted by Crippen LogP contribution is -2.42. The molecule has 0 aliphatic carbocycles. The van der Waals surface area contributed by atoms with Gasteiger partial charge >= 0.3 is 12.0 Å². The largest absolute Gasteiger partial charge is 0.489 e. The fourth-order valence-electron chi connectivity index (χ4n) is 2.02. The summed E-state index contributed by atoms with van der Waals surface area (Å²) in [5.41, 5.74) is 5.75. The normalized spacial score (nSPS) is 11.2. The van der Waals surface area contributed by atoms with Crippen LogP contribution in [0.2, 0.25) is 0 Å². The summed E-state index contributed by atoms with van der Waals surface area (Å²) in [4.78, 5) is 34.6. The minimum atomic E-state index is -1.16. The Kier molecular flexibility index (Phi) is 6.11. The molecule has 25 heavy (non-hydrogen) atoms. The van der Waals surface area contributed by atoms with E-state index in [2.05, 4.69) is 0 Å². The van der Waals surface area contributed by atoms with Gasteiger partial charge in [0, 0.05) is 5.56 Å². The molecule has 3 N–H and O–H groups in total. The van der Waals surface area contributed by atoms with Crippen molar-refractivity contribution >= 4 is 17.9 Å². The van der Waals surface area contributed by atoms with Gasteiger partial charge in [-0.2, -0.15) is 0 Å². The van der Waals surface area contributed by atoms with E-state index in [1.54, 1.807) is 36.4 Å². The Balaban J connectivity index is 2.04. The van der Waals surface area contributed by atoms with E-state index in [9.17, 15) is 14.4 Å². The van der Waals surface area contributed by atoms with Gasteiger partial charge in [-0.1, -0.05) is 36.4 Å². The van der Waals surface area contributed by atoms with Crippen LogP contribution in [0.1, 0.15) is 22.8 Å². The minimum Gasteiger partial charge on any atom is -0.489 e. The number of para-hydroxylation sites is 1. The molecule has 0 radical (unpaired) electrons. The summed E-state index contributed by atoms with van der Waals surface area (Å²) in [7, 11) is 0. The Bertz CT molecular complexity index is 761. The number of esters is 1. The molecule has 2 rings (SSSR count). The zero-order chi connectivity index (χ0) is 18.2. The summed E-state index contributed by atoms with van der Waals surface area (Å²) in [5, 5.41) is 1.86. The van der Waals surface area contributed by atoms with Crippen LogP contribution in [0, 0.1) is 0 Å². The second-order valence-electron chi connectivity index (χ2n) is 5.16. The van der Waals surface area contributed by atoms with E-state index in [1.807, 2.05) is 23.5 Å². The number of ether oxygens (including phenoxy) is 2. The number of hydrogen-bond donors (Lipinski definition) is 2. The van der Waals surface area contributed by atoms with Gasteiger partial charge in [-0.05, 0) is 25.1 Å². The molecular weight excluding hydrogens is 324 g/mol. The monoisotopic (exact) mass is 342 g/mol. The maximum Gasteiger partial charge on any atom is 0.339 e. The summed E-state index contributed by atoms with van der Waals surface area (Å²) >= 11 is 0. The first-order valence-electron chi connectivity index (χ1n) is 7.54. The van der Waals surface area contributed by atoms with Gasteiger partial charge in [-0.15, -0.1) is 0 Å². The number of nitrogens with two attached hydrogens (primary N) is 1. The number of imide groups is 1. The second-order valence-corrected chi connectivity index (χ2v) is 5.16. The van der Waals surface area contributed by atoms with E-state index in [1.165, 1.54) is 6.92 Å². The van der Waals surface area contributed by atoms with Crippen molar-refractivity contribution in [1.29, 1.82) is 0 Å². The second kappa shape index (κ2) is 8.49. The molecule has 0 saturated carbocycles. The molecule has 7 heteroatoms. The van der Waals surface area contributed by atoms with Gasteiger partial charge in [0.2, 0.25) is 0 Å². The summed E-state index contributed by atoms with van der Waals surface area (Å²) in [6, 6.07) is 14.9. The predicted octanol–water partition coefficient (Wildman–Crippen LogP) is 2.01. The molecule has 2 aromatic carbocycles. The van der Waals surface area contributed by atoms with Gasteiger partial charge in [-0.25, -0.2) is 9.59 Å². The predicted molar refractivity (Wildman–Crippen MR) is 89.8 cm³/mol. The Morgan fingerprint density at radius 1 is 1.04 bits per heavy atom. The number of amides is 3. The van der Waals surface area contributed by atoms with Crippen LogP contribution < -0.4 is 15.8 Å². The van der Waals surface area contributed by atoms with E-state index in [0.717, 1.165) is 0 Å². The molecule has 7 nitrogen and oxygen atoms in total. The van der Waals surface area contributed by atoms with Crippen molar-refractivity contribution in [2.24, 2.45) is 5.73 Å². The number of benzene rings is 2. The molecule has 0 saturated heterocycles. The first kappa shape index (κ1) is 18.0. The molecule has 0 bridgehead atoms. The first-order chi connectivity index (χ1) is 12.0. The molecular formula is C18H18N2O5. The van der Waals surface area contributed by atoms with E-state index >= 15 is 0 Å². The lowest BCUT2D eigenvalue weighted by molar-refractivity contribution is -0.127. The number of hydrogen-bond acceptors (Lipinski definition) is 5. The highest BCUT2D eigenvalue weighted by Crippen LogP contribution is 2.16. The molecule has 0 aliphatic rings. The molecule has 0 unspecified atom stereocenters.